The molecule has 1 fully saturated rings. The Morgan fingerprint density at radius 2 is 1.63 bits per heavy atom. The number of carbonyl (C=O) groups is 2. The first-order valence-corrected chi connectivity index (χ1v) is 13.8. The molecule has 1 aliphatic rings. The summed E-state index contributed by atoms with van der Waals surface area (Å²) in [5.41, 5.74) is 7.03. The highest BCUT2D eigenvalue weighted by Gasteiger charge is 2.45. The number of carbonyl (C=O) groups excluding carboxylic acids is 2. The van der Waals surface area contributed by atoms with Gasteiger partial charge in [0.2, 0.25) is 0 Å². The van der Waals surface area contributed by atoms with Crippen LogP contribution < -0.4 is 20.9 Å². The van der Waals surface area contributed by atoms with E-state index >= 15 is 0 Å². The molecule has 8 nitrogen and oxygen atoms in total. The fraction of sp³-hybridized carbons (Fsp3) is 0.176. The zero-order valence-corrected chi connectivity index (χ0v) is 23.9. The van der Waals surface area contributed by atoms with Gasteiger partial charge in [0.25, 0.3) is 11.8 Å². The van der Waals surface area contributed by atoms with Gasteiger partial charge in [-0.25, -0.2) is 4.39 Å². The Labute approximate surface area is 247 Å². The minimum Gasteiger partial charge on any atom is -0.496 e. The molecule has 0 saturated heterocycles. The number of ether oxygens (including phenoxy) is 1. The lowest BCUT2D eigenvalue weighted by molar-refractivity contribution is 0.0929. The van der Waals surface area contributed by atoms with Crippen LogP contribution in [0.5, 0.6) is 5.75 Å². The zero-order valence-electron chi connectivity index (χ0n) is 23.9. The number of amides is 2. The summed E-state index contributed by atoms with van der Waals surface area (Å²) in [5.74, 6) is -0.163. The van der Waals surface area contributed by atoms with E-state index in [1.165, 1.54) is 26.3 Å². The van der Waals surface area contributed by atoms with Crippen LogP contribution in [0, 0.1) is 5.82 Å². The van der Waals surface area contributed by atoms with Crippen molar-refractivity contribution in [3.8, 4) is 28.2 Å². The summed E-state index contributed by atoms with van der Waals surface area (Å²) < 4.78 is 25.6. The molecule has 43 heavy (non-hydrogen) atoms. The van der Waals surface area contributed by atoms with Crippen LogP contribution in [-0.4, -0.2) is 33.1 Å². The van der Waals surface area contributed by atoms with Crippen molar-refractivity contribution >= 4 is 28.5 Å². The average molecular weight is 580 g/mol. The van der Waals surface area contributed by atoms with Crippen molar-refractivity contribution in [3.05, 3.63) is 107 Å². The van der Waals surface area contributed by atoms with Gasteiger partial charge in [-0.2, -0.15) is 0 Å². The summed E-state index contributed by atoms with van der Waals surface area (Å²) in [6.07, 6.45) is 1.73. The third kappa shape index (κ3) is 5.19. The van der Waals surface area contributed by atoms with Gasteiger partial charge in [-0.05, 0) is 66.9 Å². The molecule has 0 atom stereocenters. The van der Waals surface area contributed by atoms with E-state index in [0.717, 1.165) is 18.4 Å². The first-order chi connectivity index (χ1) is 20.9. The number of hydrogen-bond donors (Lipinski definition) is 3. The number of hydrogen-bond acceptors (Lipinski definition) is 6. The van der Waals surface area contributed by atoms with Gasteiger partial charge in [-0.3, -0.25) is 19.9 Å². The molecule has 9 heteroatoms. The standard InChI is InChI=1S/C34H30FN3O5/c1-36-33(40)30-26-18-24(27(38-42-3)19-29(26)43-31(30)20-9-12-23(35)13-10-20)25-17-21(11-14-28(25)41-2)32(39)37-34(15-16-34)22-7-5-4-6-8-22/h4-14,17-19,38H,15-16H2,1-3H3,(H,36,40)(H,37,39). The molecular weight excluding hydrogens is 549 g/mol. The van der Waals surface area contributed by atoms with Gasteiger partial charge in [0.05, 0.1) is 31.0 Å². The summed E-state index contributed by atoms with van der Waals surface area (Å²) in [6, 6.07) is 24.4. The highest BCUT2D eigenvalue weighted by Crippen LogP contribution is 2.46. The number of halogens is 1. The molecule has 6 rings (SSSR count). The summed E-state index contributed by atoms with van der Waals surface area (Å²) in [5, 5.41) is 6.43. The van der Waals surface area contributed by atoms with Gasteiger partial charge in [0.15, 0.2) is 0 Å². The summed E-state index contributed by atoms with van der Waals surface area (Å²) in [4.78, 5) is 32.0. The van der Waals surface area contributed by atoms with E-state index in [2.05, 4.69) is 16.1 Å². The van der Waals surface area contributed by atoms with Crippen LogP contribution in [0.3, 0.4) is 0 Å². The molecule has 0 spiro atoms. The highest BCUT2D eigenvalue weighted by molar-refractivity contribution is 6.13. The molecule has 0 radical (unpaired) electrons. The number of furan rings is 1. The summed E-state index contributed by atoms with van der Waals surface area (Å²) in [7, 11) is 4.57. The molecule has 0 aliphatic heterocycles. The Morgan fingerprint density at radius 3 is 2.28 bits per heavy atom. The molecule has 1 aliphatic carbocycles. The van der Waals surface area contributed by atoms with Crippen LogP contribution in [0.4, 0.5) is 10.1 Å². The molecule has 218 valence electrons. The topological polar surface area (TPSA) is 102 Å². The molecule has 1 aromatic heterocycles. The van der Waals surface area contributed by atoms with Crippen LogP contribution >= 0.6 is 0 Å². The zero-order chi connectivity index (χ0) is 30.1. The van der Waals surface area contributed by atoms with Crippen LogP contribution in [-0.2, 0) is 10.4 Å². The van der Waals surface area contributed by atoms with Crippen LogP contribution in [0.15, 0.2) is 89.3 Å². The largest absolute Gasteiger partial charge is 0.496 e. The normalized spacial score (nSPS) is 13.4. The highest BCUT2D eigenvalue weighted by atomic mass is 19.1. The fourth-order valence-corrected chi connectivity index (χ4v) is 5.43. The maximum atomic E-state index is 13.7. The van der Waals surface area contributed by atoms with E-state index in [1.54, 1.807) is 49.6 Å². The quantitative estimate of drug-likeness (QED) is 0.169. The third-order valence-corrected chi connectivity index (χ3v) is 7.78. The van der Waals surface area contributed by atoms with E-state index < -0.39 is 5.82 Å². The fourth-order valence-electron chi connectivity index (χ4n) is 5.43. The second-order valence-corrected chi connectivity index (χ2v) is 10.4. The van der Waals surface area contributed by atoms with E-state index in [1.807, 2.05) is 30.3 Å². The van der Waals surface area contributed by atoms with Crippen molar-refractivity contribution in [2.24, 2.45) is 0 Å². The average Bonchev–Trinajstić information content (AvgIpc) is 3.73. The summed E-state index contributed by atoms with van der Waals surface area (Å²) in [6.45, 7) is 0. The Hall–Kier alpha value is -5.15. The lowest BCUT2D eigenvalue weighted by atomic mass is 9.96. The van der Waals surface area contributed by atoms with Crippen molar-refractivity contribution in [2.75, 3.05) is 26.7 Å². The second-order valence-electron chi connectivity index (χ2n) is 10.4. The molecular formula is C34H30FN3O5. The van der Waals surface area contributed by atoms with Crippen LogP contribution in [0.1, 0.15) is 39.1 Å². The number of anilines is 1. The van der Waals surface area contributed by atoms with Gasteiger partial charge < -0.3 is 19.8 Å². The van der Waals surface area contributed by atoms with Gasteiger partial charge in [0, 0.05) is 40.8 Å². The molecule has 0 bridgehead atoms. The predicted octanol–water partition coefficient (Wildman–Crippen LogP) is 6.67. The van der Waals surface area contributed by atoms with Gasteiger partial charge >= 0.3 is 0 Å². The molecule has 5 aromatic rings. The van der Waals surface area contributed by atoms with Crippen molar-refractivity contribution in [2.45, 2.75) is 18.4 Å². The van der Waals surface area contributed by atoms with Gasteiger partial charge in [0.1, 0.15) is 22.9 Å². The van der Waals surface area contributed by atoms with E-state index in [9.17, 15) is 14.0 Å². The Morgan fingerprint density at radius 1 is 0.884 bits per heavy atom. The van der Waals surface area contributed by atoms with E-state index in [4.69, 9.17) is 14.0 Å². The lowest BCUT2D eigenvalue weighted by Gasteiger charge is -2.19. The molecule has 0 unspecified atom stereocenters. The Kier molecular flexibility index (Phi) is 7.33. The van der Waals surface area contributed by atoms with Crippen molar-refractivity contribution in [3.63, 3.8) is 0 Å². The van der Waals surface area contributed by atoms with Crippen molar-refractivity contribution in [1.82, 2.24) is 10.6 Å². The smallest absolute Gasteiger partial charge is 0.255 e. The van der Waals surface area contributed by atoms with E-state index in [-0.39, 0.29) is 17.4 Å². The maximum absolute atomic E-state index is 13.7. The van der Waals surface area contributed by atoms with E-state index in [0.29, 0.717) is 56.0 Å². The molecule has 2 amide bonds. The van der Waals surface area contributed by atoms with Gasteiger partial charge in [-0.15, -0.1) is 0 Å². The Bertz CT molecular complexity index is 1830. The van der Waals surface area contributed by atoms with Crippen molar-refractivity contribution in [1.29, 1.82) is 0 Å². The number of nitrogens with one attached hydrogen (secondary N) is 3. The SMILES string of the molecule is CNC(=O)c1c(-c2ccc(F)cc2)oc2cc(NOC)c(-c3cc(C(=O)NC4(c5ccccc5)CC4)ccc3OC)cc12. The first kappa shape index (κ1) is 28.0. The number of methoxy groups -OCH3 is 1. The number of fused-ring (bicyclic) bond motifs is 1. The summed E-state index contributed by atoms with van der Waals surface area (Å²) >= 11 is 0. The predicted molar refractivity (Wildman–Crippen MR) is 162 cm³/mol. The molecule has 1 saturated carbocycles. The second kappa shape index (κ2) is 11.3. The minimum absolute atomic E-state index is 0.208. The lowest BCUT2D eigenvalue weighted by Crippen LogP contribution is -2.34. The van der Waals surface area contributed by atoms with Crippen molar-refractivity contribution < 1.29 is 28.0 Å². The Balaban J connectivity index is 1.48. The van der Waals surface area contributed by atoms with Gasteiger partial charge in [-0.1, -0.05) is 30.3 Å². The first-order valence-electron chi connectivity index (χ1n) is 13.8. The number of rotatable bonds is 9. The minimum atomic E-state index is -0.400. The molecule has 4 aromatic carbocycles. The van der Waals surface area contributed by atoms with Crippen LogP contribution in [0.2, 0.25) is 0 Å². The third-order valence-electron chi connectivity index (χ3n) is 7.78. The van der Waals surface area contributed by atoms with Crippen LogP contribution in [0.25, 0.3) is 33.4 Å². The molecule has 1 heterocycles. The molecule has 3 N–H and O–H groups in total. The monoisotopic (exact) mass is 579 g/mol. The maximum Gasteiger partial charge on any atom is 0.255 e. The number of benzene rings is 4.